The van der Waals surface area contributed by atoms with E-state index in [0.29, 0.717) is 24.5 Å². The van der Waals surface area contributed by atoms with Crippen molar-refractivity contribution < 1.29 is 9.15 Å². The minimum Gasteiger partial charge on any atom is -0.468 e. The fourth-order valence-electron chi connectivity index (χ4n) is 6.29. The molecule has 0 amide bonds. The molecule has 9 nitrogen and oxygen atoms in total. The largest absolute Gasteiger partial charge is 0.468 e. The van der Waals surface area contributed by atoms with Crippen molar-refractivity contribution in [3.63, 3.8) is 0 Å². The maximum atomic E-state index is 13.8. The standard InChI is InChI=1S/C29H36N6O3/c1-19-14-20(2)26-21(15-19)16-25(29(36)30-26)27(28-31-32-33-35(28)22-8-4-3-5-9-22)34(17-23-10-6-12-37-23)18-24-11-7-13-38-24/h6,10,12,14-16,22,24,27H,3-5,7-9,11,13,17-18H2,1-2H3,(H,30,36)/t24-,27-/m1/s1. The molecule has 0 bridgehead atoms. The number of fused-ring (bicyclic) bond motifs is 1. The quantitative estimate of drug-likeness (QED) is 0.352. The number of furan rings is 1. The number of aryl methyl sites for hydroxylation is 2. The summed E-state index contributed by atoms with van der Waals surface area (Å²) in [5.41, 5.74) is 3.59. The second-order valence-corrected chi connectivity index (χ2v) is 10.9. The van der Waals surface area contributed by atoms with Crippen LogP contribution < -0.4 is 5.56 Å². The van der Waals surface area contributed by atoms with Gasteiger partial charge in [-0.05, 0) is 85.2 Å². The van der Waals surface area contributed by atoms with Crippen LogP contribution in [0.4, 0.5) is 0 Å². The molecule has 1 aliphatic carbocycles. The summed E-state index contributed by atoms with van der Waals surface area (Å²) < 4.78 is 13.8. The van der Waals surface area contributed by atoms with Crippen molar-refractivity contribution in [3.05, 3.63) is 75.2 Å². The lowest BCUT2D eigenvalue weighted by atomic mass is 9.94. The molecule has 200 valence electrons. The summed E-state index contributed by atoms with van der Waals surface area (Å²) in [7, 11) is 0. The molecule has 1 aromatic carbocycles. The number of H-pyrrole nitrogens is 1. The van der Waals surface area contributed by atoms with E-state index in [9.17, 15) is 4.79 Å². The molecule has 2 fully saturated rings. The minimum atomic E-state index is -0.463. The molecule has 1 N–H and O–H groups in total. The summed E-state index contributed by atoms with van der Waals surface area (Å²) in [4.78, 5) is 19.3. The Hall–Kier alpha value is -3.30. The molecular weight excluding hydrogens is 480 g/mol. The molecule has 3 aromatic heterocycles. The van der Waals surface area contributed by atoms with Crippen molar-refractivity contribution in [1.29, 1.82) is 0 Å². The third-order valence-corrected chi connectivity index (χ3v) is 8.07. The van der Waals surface area contributed by atoms with Gasteiger partial charge in [-0.15, -0.1) is 5.10 Å². The molecule has 9 heteroatoms. The van der Waals surface area contributed by atoms with Gasteiger partial charge in [0, 0.05) is 18.7 Å². The summed E-state index contributed by atoms with van der Waals surface area (Å²) in [6.07, 6.45) is 9.45. The van der Waals surface area contributed by atoms with Crippen LogP contribution in [0.2, 0.25) is 0 Å². The Morgan fingerprint density at radius 1 is 1.13 bits per heavy atom. The molecule has 4 aromatic rings. The van der Waals surface area contributed by atoms with Crippen molar-refractivity contribution in [2.75, 3.05) is 13.2 Å². The van der Waals surface area contributed by atoms with Crippen LogP contribution in [0.15, 0.2) is 45.8 Å². The monoisotopic (exact) mass is 516 g/mol. The lowest BCUT2D eigenvalue weighted by molar-refractivity contribution is 0.0539. The maximum Gasteiger partial charge on any atom is 0.253 e. The smallest absolute Gasteiger partial charge is 0.253 e. The van der Waals surface area contributed by atoms with Crippen LogP contribution in [-0.2, 0) is 11.3 Å². The average molecular weight is 517 g/mol. The van der Waals surface area contributed by atoms with Crippen LogP contribution in [0.25, 0.3) is 10.9 Å². The molecule has 0 radical (unpaired) electrons. The SMILES string of the molecule is Cc1cc(C)c2[nH]c(=O)c([C@H](c3nnnn3C3CCCCC3)N(Cc3ccco3)C[C@H]3CCCO3)cc2c1. The minimum absolute atomic E-state index is 0.0792. The number of ether oxygens (including phenoxy) is 1. The molecule has 4 heterocycles. The molecule has 1 saturated carbocycles. The predicted molar refractivity (Wildman–Crippen MR) is 144 cm³/mol. The zero-order valence-corrected chi connectivity index (χ0v) is 22.2. The molecule has 0 unspecified atom stereocenters. The van der Waals surface area contributed by atoms with E-state index < -0.39 is 6.04 Å². The zero-order valence-electron chi connectivity index (χ0n) is 22.2. The van der Waals surface area contributed by atoms with Gasteiger partial charge in [-0.25, -0.2) is 4.68 Å². The summed E-state index contributed by atoms with van der Waals surface area (Å²) in [6, 6.07) is 9.89. The Labute approximate surface area is 222 Å². The number of benzene rings is 1. The van der Waals surface area contributed by atoms with Gasteiger partial charge in [-0.2, -0.15) is 0 Å². The van der Waals surface area contributed by atoms with Crippen LogP contribution in [0.3, 0.4) is 0 Å². The van der Waals surface area contributed by atoms with Crippen LogP contribution in [0.1, 0.15) is 85.3 Å². The Morgan fingerprint density at radius 2 is 2.00 bits per heavy atom. The number of hydrogen-bond acceptors (Lipinski definition) is 7. The van der Waals surface area contributed by atoms with Crippen LogP contribution in [0, 0.1) is 13.8 Å². The predicted octanol–water partition coefficient (Wildman–Crippen LogP) is 5.00. The Kier molecular flexibility index (Phi) is 7.12. The Morgan fingerprint density at radius 3 is 2.76 bits per heavy atom. The fourth-order valence-corrected chi connectivity index (χ4v) is 6.29. The van der Waals surface area contributed by atoms with E-state index in [1.54, 1.807) is 6.26 Å². The number of nitrogens with one attached hydrogen (secondary N) is 1. The number of aromatic nitrogens is 5. The van der Waals surface area contributed by atoms with Gasteiger partial charge in [0.1, 0.15) is 11.8 Å². The van der Waals surface area contributed by atoms with E-state index in [-0.39, 0.29) is 17.7 Å². The number of rotatable bonds is 8. The highest BCUT2D eigenvalue weighted by Crippen LogP contribution is 2.35. The average Bonchev–Trinajstić information content (AvgIpc) is 3.69. The van der Waals surface area contributed by atoms with E-state index in [1.807, 2.05) is 29.8 Å². The third kappa shape index (κ3) is 5.05. The van der Waals surface area contributed by atoms with Crippen LogP contribution in [0.5, 0.6) is 0 Å². The zero-order chi connectivity index (χ0) is 26.1. The summed E-state index contributed by atoms with van der Waals surface area (Å²) in [5.74, 6) is 1.53. The first-order valence-electron chi connectivity index (χ1n) is 13.9. The van der Waals surface area contributed by atoms with Crippen molar-refractivity contribution in [2.24, 2.45) is 0 Å². The second kappa shape index (κ2) is 10.8. The van der Waals surface area contributed by atoms with Crippen molar-refractivity contribution >= 4 is 10.9 Å². The second-order valence-electron chi connectivity index (χ2n) is 10.9. The fraction of sp³-hybridized carbons (Fsp3) is 0.517. The molecule has 1 aliphatic heterocycles. The summed E-state index contributed by atoms with van der Waals surface area (Å²) in [5, 5.41) is 14.2. The lowest BCUT2D eigenvalue weighted by Gasteiger charge is -2.33. The van der Waals surface area contributed by atoms with Gasteiger partial charge in [0.25, 0.3) is 5.56 Å². The first-order chi connectivity index (χ1) is 18.6. The molecular formula is C29H36N6O3. The Bertz CT molecular complexity index is 1430. The van der Waals surface area contributed by atoms with Gasteiger partial charge in [-0.1, -0.05) is 30.9 Å². The highest BCUT2D eigenvalue weighted by molar-refractivity contribution is 5.83. The van der Waals surface area contributed by atoms with E-state index in [1.165, 1.54) is 6.42 Å². The highest BCUT2D eigenvalue weighted by atomic mass is 16.5. The molecule has 0 spiro atoms. The number of nitrogens with zero attached hydrogens (tertiary/aromatic N) is 5. The van der Waals surface area contributed by atoms with Gasteiger partial charge in [0.2, 0.25) is 0 Å². The lowest BCUT2D eigenvalue weighted by Crippen LogP contribution is -2.39. The van der Waals surface area contributed by atoms with Crippen molar-refractivity contribution in [1.82, 2.24) is 30.1 Å². The van der Waals surface area contributed by atoms with Gasteiger partial charge in [0.15, 0.2) is 5.82 Å². The highest BCUT2D eigenvalue weighted by Gasteiger charge is 2.35. The van der Waals surface area contributed by atoms with E-state index in [0.717, 1.165) is 72.9 Å². The van der Waals surface area contributed by atoms with E-state index in [4.69, 9.17) is 9.15 Å². The van der Waals surface area contributed by atoms with E-state index >= 15 is 0 Å². The molecule has 38 heavy (non-hydrogen) atoms. The number of hydrogen-bond donors (Lipinski definition) is 1. The third-order valence-electron chi connectivity index (χ3n) is 8.07. The summed E-state index contributed by atoms with van der Waals surface area (Å²) in [6.45, 7) is 6.04. The number of aromatic amines is 1. The van der Waals surface area contributed by atoms with Gasteiger partial charge in [0.05, 0.1) is 30.5 Å². The van der Waals surface area contributed by atoms with Crippen molar-refractivity contribution in [3.8, 4) is 0 Å². The molecule has 6 rings (SSSR count). The topological polar surface area (TPSA) is 102 Å². The normalized spacial score (nSPS) is 19.5. The molecule has 2 atom stereocenters. The maximum absolute atomic E-state index is 13.8. The van der Waals surface area contributed by atoms with Gasteiger partial charge >= 0.3 is 0 Å². The van der Waals surface area contributed by atoms with Gasteiger partial charge in [-0.3, -0.25) is 9.69 Å². The molecule has 2 aliphatic rings. The van der Waals surface area contributed by atoms with Crippen LogP contribution >= 0.6 is 0 Å². The van der Waals surface area contributed by atoms with Gasteiger partial charge < -0.3 is 14.1 Å². The number of pyridine rings is 1. The first-order valence-corrected chi connectivity index (χ1v) is 13.9. The molecule has 1 saturated heterocycles. The first kappa shape index (κ1) is 25.0. The van der Waals surface area contributed by atoms with Crippen LogP contribution in [-0.4, -0.2) is 49.3 Å². The van der Waals surface area contributed by atoms with E-state index in [2.05, 4.69) is 44.5 Å². The Balaban J connectivity index is 1.51. The number of tetrazole rings is 1. The van der Waals surface area contributed by atoms with Crippen molar-refractivity contribution in [2.45, 2.75) is 83.5 Å². The summed E-state index contributed by atoms with van der Waals surface area (Å²) >= 11 is 0.